The number of amides is 2. The number of halogens is 1. The van der Waals surface area contributed by atoms with Crippen molar-refractivity contribution in [3.8, 4) is 0 Å². The van der Waals surface area contributed by atoms with Crippen LogP contribution in [-0.4, -0.2) is 47.1 Å². The van der Waals surface area contributed by atoms with Gasteiger partial charge in [0.25, 0.3) is 0 Å². The first-order chi connectivity index (χ1) is 15.5. The van der Waals surface area contributed by atoms with E-state index in [0.717, 1.165) is 53.4 Å². The monoisotopic (exact) mass is 493 g/mol. The van der Waals surface area contributed by atoms with E-state index in [1.165, 1.54) is 11.1 Å². The molecule has 1 fully saturated rings. The molecule has 0 atom stereocenters. The highest BCUT2D eigenvalue weighted by atomic mass is 79.9. The van der Waals surface area contributed by atoms with Gasteiger partial charge >= 0.3 is 6.03 Å². The van der Waals surface area contributed by atoms with Gasteiger partial charge in [-0.15, -0.1) is 0 Å². The van der Waals surface area contributed by atoms with Crippen LogP contribution in [0.15, 0.2) is 59.1 Å². The van der Waals surface area contributed by atoms with Crippen molar-refractivity contribution in [3.05, 3.63) is 81.7 Å². The van der Waals surface area contributed by atoms with Gasteiger partial charge in [-0.25, -0.2) is 14.8 Å². The Morgan fingerprint density at radius 1 is 1.00 bits per heavy atom. The number of aryl methyl sites for hydroxylation is 2. The molecule has 0 aliphatic carbocycles. The first kappa shape index (κ1) is 22.3. The molecule has 166 valence electrons. The summed E-state index contributed by atoms with van der Waals surface area (Å²) in [5, 5.41) is 2.99. The molecule has 1 saturated heterocycles. The Kier molecular flexibility index (Phi) is 7.05. The van der Waals surface area contributed by atoms with E-state index in [1.807, 2.05) is 42.2 Å². The molecule has 32 heavy (non-hydrogen) atoms. The summed E-state index contributed by atoms with van der Waals surface area (Å²) in [5.74, 6) is 1.80. The number of rotatable bonds is 5. The largest absolute Gasteiger partial charge is 0.353 e. The van der Waals surface area contributed by atoms with E-state index in [2.05, 4.69) is 57.3 Å². The smallest absolute Gasteiger partial charge is 0.321 e. The third-order valence-corrected chi connectivity index (χ3v) is 6.23. The normalized spacial score (nSPS) is 13.8. The van der Waals surface area contributed by atoms with Crippen LogP contribution >= 0.6 is 15.9 Å². The van der Waals surface area contributed by atoms with Crippen molar-refractivity contribution in [3.63, 3.8) is 0 Å². The second kappa shape index (κ2) is 10.1. The number of carbonyl (C=O) groups is 1. The van der Waals surface area contributed by atoms with Gasteiger partial charge in [-0.05, 0) is 43.2 Å². The van der Waals surface area contributed by atoms with Crippen LogP contribution in [-0.2, 0) is 12.8 Å². The third kappa shape index (κ3) is 5.27. The molecule has 7 heteroatoms. The Balaban J connectivity index is 1.48. The second-order valence-corrected chi connectivity index (χ2v) is 8.86. The Labute approximate surface area is 197 Å². The van der Waals surface area contributed by atoms with E-state index in [4.69, 9.17) is 9.97 Å². The van der Waals surface area contributed by atoms with Gasteiger partial charge < -0.3 is 15.1 Å². The fraction of sp³-hybridized carbons (Fsp3) is 0.320. The number of aromatic nitrogens is 2. The Morgan fingerprint density at radius 3 is 2.34 bits per heavy atom. The molecule has 1 aliphatic heterocycles. The van der Waals surface area contributed by atoms with Gasteiger partial charge in [-0.3, -0.25) is 0 Å². The van der Waals surface area contributed by atoms with Crippen LogP contribution < -0.4 is 10.2 Å². The predicted octanol–water partition coefficient (Wildman–Crippen LogP) is 5.05. The van der Waals surface area contributed by atoms with Crippen molar-refractivity contribution in [2.24, 2.45) is 0 Å². The van der Waals surface area contributed by atoms with Gasteiger partial charge in [0.15, 0.2) is 0 Å². The van der Waals surface area contributed by atoms with Gasteiger partial charge in [-0.1, -0.05) is 53.2 Å². The van der Waals surface area contributed by atoms with Crippen molar-refractivity contribution in [2.75, 3.05) is 36.4 Å². The van der Waals surface area contributed by atoms with Crippen LogP contribution in [0.2, 0.25) is 0 Å². The molecule has 1 N–H and O–H groups in total. The topological polar surface area (TPSA) is 61.4 Å². The molecule has 3 aromatic rings. The molecular formula is C25H28BrN5O. The van der Waals surface area contributed by atoms with E-state index >= 15 is 0 Å². The summed E-state index contributed by atoms with van der Waals surface area (Å²) in [6.07, 6.45) is 1.68. The zero-order chi connectivity index (χ0) is 22.5. The first-order valence-corrected chi connectivity index (χ1v) is 11.8. The summed E-state index contributed by atoms with van der Waals surface area (Å²) in [5.41, 5.74) is 4.34. The van der Waals surface area contributed by atoms with E-state index in [1.54, 1.807) is 0 Å². The predicted molar refractivity (Wildman–Crippen MR) is 132 cm³/mol. The number of benzene rings is 2. The zero-order valence-corrected chi connectivity index (χ0v) is 20.1. The molecule has 2 heterocycles. The number of hydrogen-bond acceptors (Lipinski definition) is 4. The molecule has 2 aromatic carbocycles. The van der Waals surface area contributed by atoms with Crippen molar-refractivity contribution in [1.82, 2.24) is 14.9 Å². The molecule has 0 spiro atoms. The number of carbonyl (C=O) groups excluding carboxylic acids is 1. The third-order valence-electron chi connectivity index (χ3n) is 5.70. The van der Waals surface area contributed by atoms with Crippen LogP contribution in [0.4, 0.5) is 16.3 Å². The first-order valence-electron chi connectivity index (χ1n) is 11.0. The maximum Gasteiger partial charge on any atom is 0.321 e. The Morgan fingerprint density at radius 2 is 1.69 bits per heavy atom. The van der Waals surface area contributed by atoms with Crippen molar-refractivity contribution < 1.29 is 4.79 Å². The molecule has 0 radical (unpaired) electrons. The number of hydrogen-bond donors (Lipinski definition) is 1. The summed E-state index contributed by atoms with van der Waals surface area (Å²) in [6.45, 7) is 6.89. The van der Waals surface area contributed by atoms with Crippen LogP contribution in [0.25, 0.3) is 0 Å². The quantitative estimate of drug-likeness (QED) is 0.539. The molecule has 0 saturated carbocycles. The molecular weight excluding hydrogens is 466 g/mol. The average molecular weight is 494 g/mol. The average Bonchev–Trinajstić information content (AvgIpc) is 2.82. The number of nitrogens with zero attached hydrogens (tertiary/aromatic N) is 4. The second-order valence-electron chi connectivity index (χ2n) is 7.95. The molecule has 4 rings (SSSR count). The van der Waals surface area contributed by atoms with Gasteiger partial charge in [0.05, 0.1) is 0 Å². The number of anilines is 2. The summed E-state index contributed by atoms with van der Waals surface area (Å²) < 4.78 is 0.988. The lowest BCUT2D eigenvalue weighted by molar-refractivity contribution is 0.208. The fourth-order valence-corrected chi connectivity index (χ4v) is 4.29. The molecule has 6 nitrogen and oxygen atoms in total. The summed E-state index contributed by atoms with van der Waals surface area (Å²) >= 11 is 3.42. The Hall–Kier alpha value is -2.93. The van der Waals surface area contributed by atoms with Crippen molar-refractivity contribution in [2.45, 2.75) is 26.7 Å². The van der Waals surface area contributed by atoms with Gasteiger partial charge in [0.1, 0.15) is 11.6 Å². The minimum Gasteiger partial charge on any atom is -0.353 e. The number of piperazine rings is 1. The summed E-state index contributed by atoms with van der Waals surface area (Å²) in [4.78, 5) is 26.4. The lowest BCUT2D eigenvalue weighted by Crippen LogP contribution is -2.50. The van der Waals surface area contributed by atoms with Crippen molar-refractivity contribution >= 4 is 33.5 Å². The van der Waals surface area contributed by atoms with E-state index in [0.29, 0.717) is 13.1 Å². The highest BCUT2D eigenvalue weighted by Gasteiger charge is 2.25. The zero-order valence-electron chi connectivity index (χ0n) is 18.5. The number of urea groups is 1. The van der Waals surface area contributed by atoms with Crippen LogP contribution in [0.1, 0.15) is 29.6 Å². The van der Waals surface area contributed by atoms with E-state index in [-0.39, 0.29) is 6.03 Å². The fourth-order valence-electron chi connectivity index (χ4n) is 4.03. The molecule has 1 aliphatic rings. The lowest BCUT2D eigenvalue weighted by Gasteiger charge is -2.36. The van der Waals surface area contributed by atoms with Crippen LogP contribution in [0, 0.1) is 6.92 Å². The summed E-state index contributed by atoms with van der Waals surface area (Å²) in [6, 6.07) is 18.0. The van der Waals surface area contributed by atoms with Gasteiger partial charge in [-0.2, -0.15) is 0 Å². The van der Waals surface area contributed by atoms with Crippen LogP contribution in [0.3, 0.4) is 0 Å². The minimum atomic E-state index is -0.0652. The van der Waals surface area contributed by atoms with E-state index in [9.17, 15) is 4.79 Å². The highest BCUT2D eigenvalue weighted by molar-refractivity contribution is 9.10. The van der Waals surface area contributed by atoms with Crippen LogP contribution in [0.5, 0.6) is 0 Å². The maximum absolute atomic E-state index is 12.7. The molecule has 0 unspecified atom stereocenters. The van der Waals surface area contributed by atoms with Gasteiger partial charge in [0.2, 0.25) is 0 Å². The minimum absolute atomic E-state index is 0.0652. The standard InChI is InChI=1S/C25H28BrN5O/c1-3-23-22(17-19-7-5-4-6-8-19)24(28-18(2)27-23)30-13-15-31(16-14-30)25(32)29-21-11-9-20(26)10-12-21/h4-12H,3,13-17H2,1-2H3,(H,29,32). The number of nitrogens with one attached hydrogen (secondary N) is 1. The lowest BCUT2D eigenvalue weighted by atomic mass is 10.0. The Bertz CT molecular complexity index is 1060. The SMILES string of the molecule is CCc1nc(C)nc(N2CCN(C(=O)Nc3ccc(Br)cc3)CC2)c1Cc1ccccc1. The molecule has 2 amide bonds. The summed E-state index contributed by atoms with van der Waals surface area (Å²) in [7, 11) is 0. The van der Waals surface area contributed by atoms with E-state index < -0.39 is 0 Å². The molecule has 1 aromatic heterocycles. The van der Waals surface area contributed by atoms with Crippen molar-refractivity contribution in [1.29, 1.82) is 0 Å². The maximum atomic E-state index is 12.7. The van der Waals surface area contributed by atoms with Gasteiger partial charge in [0, 0.05) is 54.0 Å². The molecule has 0 bridgehead atoms. The highest BCUT2D eigenvalue weighted by Crippen LogP contribution is 2.26.